The van der Waals surface area contributed by atoms with E-state index in [0.717, 1.165) is 11.8 Å². The molecule has 5 N–H and O–H groups in total. The molecule has 1 saturated heterocycles. The van der Waals surface area contributed by atoms with Gasteiger partial charge in [-0.25, -0.2) is 0 Å². The summed E-state index contributed by atoms with van der Waals surface area (Å²) in [6, 6.07) is 1.49. The number of thioether (sulfide) groups is 1. The second-order valence-corrected chi connectivity index (χ2v) is 10.9. The van der Waals surface area contributed by atoms with Crippen molar-refractivity contribution in [3.05, 3.63) is 22.6 Å². The number of H-pyrrole nitrogens is 1. The maximum absolute atomic E-state index is 12.1. The van der Waals surface area contributed by atoms with Crippen LogP contribution >= 0.6 is 20.0 Å². The minimum Gasteiger partial charge on any atom is -0.387 e. The lowest BCUT2D eigenvalue weighted by molar-refractivity contribution is -0.118. The highest BCUT2D eigenvalue weighted by Crippen LogP contribution is 2.40. The lowest BCUT2D eigenvalue weighted by atomic mass is 9.92. The largest absolute Gasteiger partial charge is 0.697 e. The van der Waals surface area contributed by atoms with E-state index in [1.54, 1.807) is 0 Å². The predicted molar refractivity (Wildman–Crippen MR) is 126 cm³/mol. The average Bonchev–Trinajstić information content (AvgIpc) is 3.28. The fraction of sp³-hybridized carbons (Fsp3) is 0.650. The molecule has 12 nitrogen and oxygen atoms in total. The first kappa shape index (κ1) is 26.7. The Morgan fingerprint density at radius 1 is 1.47 bits per heavy atom. The number of carbonyl (C=O) groups excluding carboxylic acids is 1. The number of nitrogens with two attached hydrogens (primary N) is 1. The van der Waals surface area contributed by atoms with E-state index in [2.05, 4.69) is 9.97 Å². The van der Waals surface area contributed by atoms with Crippen molar-refractivity contribution in [3.8, 4) is 0 Å². The Morgan fingerprint density at radius 2 is 2.18 bits per heavy atom. The summed E-state index contributed by atoms with van der Waals surface area (Å²) < 4.78 is 29.5. The molecule has 1 aliphatic heterocycles. The Balaban J connectivity index is 1.57. The van der Waals surface area contributed by atoms with E-state index in [1.165, 1.54) is 23.8 Å². The van der Waals surface area contributed by atoms with Gasteiger partial charge in [0.1, 0.15) is 31.0 Å². The van der Waals surface area contributed by atoms with Crippen molar-refractivity contribution in [2.75, 3.05) is 24.7 Å². The third-order valence-electron chi connectivity index (χ3n) is 5.90. The van der Waals surface area contributed by atoms with Gasteiger partial charge in [-0.1, -0.05) is 32.5 Å². The number of rotatable bonds is 10. The number of hydrogen-bond donors (Lipinski definition) is 4. The third kappa shape index (κ3) is 5.51. The van der Waals surface area contributed by atoms with Gasteiger partial charge in [0.15, 0.2) is 17.0 Å². The highest BCUT2D eigenvalue weighted by Gasteiger charge is 2.54. The number of aliphatic hydroxyl groups excluding tert-OH is 1. The molecule has 0 radical (unpaired) electrons. The maximum atomic E-state index is 12.1. The van der Waals surface area contributed by atoms with Crippen LogP contribution in [0.4, 0.5) is 5.95 Å². The van der Waals surface area contributed by atoms with E-state index in [9.17, 15) is 24.4 Å². The summed E-state index contributed by atoms with van der Waals surface area (Å²) in [5.41, 5.74) is 3.13. The Bertz CT molecular complexity index is 1120. The highest BCUT2D eigenvalue weighted by molar-refractivity contribution is 8.13. The van der Waals surface area contributed by atoms with Gasteiger partial charge < -0.3 is 25.3 Å². The molecule has 3 rings (SSSR count). The van der Waals surface area contributed by atoms with Gasteiger partial charge in [-0.2, -0.15) is 4.98 Å². The van der Waals surface area contributed by atoms with Gasteiger partial charge in [0.25, 0.3) is 5.56 Å². The Kier molecular flexibility index (Phi) is 8.18. The summed E-state index contributed by atoms with van der Waals surface area (Å²) in [6.07, 6.45) is -1.36. The van der Waals surface area contributed by atoms with Crippen LogP contribution in [0.1, 0.15) is 40.3 Å². The number of nitrogens with zero attached hydrogens (tertiary/aromatic N) is 2. The van der Waals surface area contributed by atoms with Crippen molar-refractivity contribution in [2.45, 2.75) is 58.2 Å². The fourth-order valence-corrected chi connectivity index (χ4v) is 4.98. The van der Waals surface area contributed by atoms with Crippen molar-refractivity contribution >= 4 is 42.1 Å². The zero-order valence-electron chi connectivity index (χ0n) is 19.4. The van der Waals surface area contributed by atoms with Gasteiger partial charge in [0.05, 0.1) is 5.39 Å². The molecule has 0 spiro atoms. The van der Waals surface area contributed by atoms with Gasteiger partial charge >= 0.3 is 8.25 Å². The van der Waals surface area contributed by atoms with Crippen LogP contribution in [0.2, 0.25) is 0 Å². The Morgan fingerprint density at radius 3 is 2.85 bits per heavy atom. The summed E-state index contributed by atoms with van der Waals surface area (Å²) in [5.74, 6) is 0.213. The summed E-state index contributed by atoms with van der Waals surface area (Å²) >= 11 is 1.11. The standard InChI is InChI=1S/C20H29N4O8PS/c1-5-19(2,3)17(27)34-9-8-30-33(29)31-10-12-13(25)20(4,28)16(32-12)24-7-6-11-14(24)22-18(21)23-15(11)26/h6-7,12-13,16,25,28H,5,8-10H2,1-4H3,(H2-,21,22,23,26)/p+1/t12-,13+,16-,20?/m1/s1. The molecule has 0 amide bonds. The van der Waals surface area contributed by atoms with Crippen LogP contribution < -0.4 is 11.3 Å². The molecule has 0 bridgehead atoms. The van der Waals surface area contributed by atoms with Crippen LogP contribution in [0, 0.1) is 5.41 Å². The molecule has 0 saturated carbocycles. The number of carbonyl (C=O) groups is 1. The summed E-state index contributed by atoms with van der Waals surface area (Å²) in [7, 11) is -2.53. The number of anilines is 1. The number of hydrogen-bond acceptors (Lipinski definition) is 11. The topological polar surface area (TPSA) is 179 Å². The Hall–Kier alpha value is -1.86. The fourth-order valence-electron chi connectivity index (χ4n) is 3.38. The zero-order chi connectivity index (χ0) is 25.3. The van der Waals surface area contributed by atoms with Crippen LogP contribution in [0.25, 0.3) is 11.0 Å². The summed E-state index contributed by atoms with van der Waals surface area (Å²) in [6.45, 7) is 6.74. The maximum Gasteiger partial charge on any atom is 0.697 e. The van der Waals surface area contributed by atoms with Crippen LogP contribution in [-0.4, -0.2) is 66.6 Å². The minimum atomic E-state index is -2.53. The third-order valence-corrected chi connectivity index (χ3v) is 7.84. The predicted octanol–water partition coefficient (Wildman–Crippen LogP) is 1.70. The molecule has 2 unspecified atom stereocenters. The second kappa shape index (κ2) is 10.4. The first-order valence-corrected chi connectivity index (χ1v) is 12.8. The highest BCUT2D eigenvalue weighted by atomic mass is 32.2. The van der Waals surface area contributed by atoms with Crippen LogP contribution in [0.3, 0.4) is 0 Å². The number of aliphatic hydroxyl groups is 2. The molecule has 0 aliphatic carbocycles. The van der Waals surface area contributed by atoms with Crippen molar-refractivity contribution in [2.24, 2.45) is 5.41 Å². The molecule has 3 heterocycles. The van der Waals surface area contributed by atoms with Crippen molar-refractivity contribution < 1.29 is 33.4 Å². The van der Waals surface area contributed by atoms with Gasteiger partial charge in [0, 0.05) is 21.9 Å². The number of fused-ring (bicyclic) bond motifs is 1. The molecule has 5 atom stereocenters. The molecule has 0 aromatic carbocycles. The van der Waals surface area contributed by atoms with Crippen LogP contribution in [0.5, 0.6) is 0 Å². The van der Waals surface area contributed by atoms with E-state index >= 15 is 0 Å². The summed E-state index contributed by atoms with van der Waals surface area (Å²) in [4.78, 5) is 30.6. The van der Waals surface area contributed by atoms with Gasteiger partial charge in [0.2, 0.25) is 5.95 Å². The second-order valence-electron chi connectivity index (χ2n) is 8.83. The van der Waals surface area contributed by atoms with Gasteiger partial charge in [-0.15, -0.1) is 9.05 Å². The monoisotopic (exact) mass is 517 g/mol. The van der Waals surface area contributed by atoms with Gasteiger partial charge in [-0.3, -0.25) is 14.6 Å². The lowest BCUT2D eigenvalue weighted by Gasteiger charge is -2.27. The smallest absolute Gasteiger partial charge is 0.387 e. The molecule has 188 valence electrons. The molecule has 14 heteroatoms. The molecule has 1 fully saturated rings. The molecular weight excluding hydrogens is 487 g/mol. The van der Waals surface area contributed by atoms with Crippen LogP contribution in [-0.2, 0) is 23.1 Å². The van der Waals surface area contributed by atoms with E-state index < -0.39 is 43.3 Å². The van der Waals surface area contributed by atoms with Crippen LogP contribution in [0.15, 0.2) is 17.1 Å². The lowest BCUT2D eigenvalue weighted by Crippen LogP contribution is -2.44. The molecule has 1 aliphatic rings. The first-order valence-electron chi connectivity index (χ1n) is 10.7. The quantitative estimate of drug-likeness (QED) is 0.266. The van der Waals surface area contributed by atoms with E-state index in [-0.39, 0.29) is 35.3 Å². The number of nitrogen functional groups attached to an aromatic ring is 1. The molecule has 2 aromatic rings. The van der Waals surface area contributed by atoms with E-state index in [4.69, 9.17) is 19.5 Å². The summed E-state index contributed by atoms with van der Waals surface area (Å²) in [5, 5.41) is 21.8. The average molecular weight is 518 g/mol. The number of aromatic amines is 1. The zero-order valence-corrected chi connectivity index (χ0v) is 21.1. The minimum absolute atomic E-state index is 0.0290. The van der Waals surface area contributed by atoms with Crippen molar-refractivity contribution in [1.82, 2.24) is 14.5 Å². The number of ether oxygens (including phenoxy) is 1. The van der Waals surface area contributed by atoms with E-state index in [1.807, 2.05) is 20.8 Å². The number of aromatic nitrogens is 3. The first-order chi connectivity index (χ1) is 15.9. The normalized spacial score (nSPS) is 25.7. The van der Waals surface area contributed by atoms with Crippen molar-refractivity contribution in [3.63, 3.8) is 0 Å². The molecular formula is C20H30N4O8PS+. The van der Waals surface area contributed by atoms with Crippen molar-refractivity contribution in [1.29, 1.82) is 0 Å². The number of nitrogens with one attached hydrogen (secondary N) is 1. The molecule has 2 aromatic heterocycles. The Labute approximate surface area is 201 Å². The van der Waals surface area contributed by atoms with Gasteiger partial charge in [-0.05, 0) is 19.4 Å². The molecule has 34 heavy (non-hydrogen) atoms. The van der Waals surface area contributed by atoms with E-state index in [0.29, 0.717) is 12.2 Å². The SMILES string of the molecule is CCC(C)(C)C(=O)SCCO[P+](=O)OC[C@H]1O[C@@H](n2ccc3c(=O)[nH]c(N)nc32)C(C)(O)[C@H]1O.